The molecule has 1 unspecified atom stereocenters. The largest absolute Gasteiger partial charge is 0.468 e. The van der Waals surface area contributed by atoms with Gasteiger partial charge in [0.1, 0.15) is 11.7 Å². The van der Waals surface area contributed by atoms with Crippen molar-refractivity contribution in [2.75, 3.05) is 14.2 Å². The van der Waals surface area contributed by atoms with E-state index in [0.717, 1.165) is 14.2 Å². The van der Waals surface area contributed by atoms with Crippen molar-refractivity contribution >= 4 is 27.9 Å². The van der Waals surface area contributed by atoms with Crippen molar-refractivity contribution < 1.29 is 28.7 Å². The molecule has 0 amide bonds. The molecule has 0 N–H and O–H groups in total. The Balaban J connectivity index is 2.38. The molecule has 3 rings (SSSR count). The number of hydrogen-bond acceptors (Lipinski definition) is 7. The van der Waals surface area contributed by atoms with Crippen LogP contribution in [0.15, 0.2) is 35.3 Å². The molecule has 1 aromatic rings. The van der Waals surface area contributed by atoms with Gasteiger partial charge in [0.15, 0.2) is 5.41 Å². The summed E-state index contributed by atoms with van der Waals surface area (Å²) >= 11 is 3.32. The Morgan fingerprint density at radius 2 is 2.00 bits per heavy atom. The molecule has 0 spiro atoms. The molecular weight excluding hydrogens is 410 g/mol. The van der Waals surface area contributed by atoms with Gasteiger partial charge in [-0.15, -0.1) is 6.58 Å². The number of rotatable bonds is 4. The van der Waals surface area contributed by atoms with Crippen LogP contribution in [0, 0.1) is 21.4 Å². The maximum absolute atomic E-state index is 12.8. The quantitative estimate of drug-likeness (QED) is 0.239. The van der Waals surface area contributed by atoms with Crippen LogP contribution in [0.4, 0.5) is 0 Å². The summed E-state index contributed by atoms with van der Waals surface area (Å²) in [5.41, 5.74) is -3.59. The van der Waals surface area contributed by atoms with Crippen molar-refractivity contribution in [3.05, 3.63) is 51.0 Å². The smallest absolute Gasteiger partial charge is 0.378 e. The van der Waals surface area contributed by atoms with E-state index in [1.807, 2.05) is 0 Å². The molecule has 9 heteroatoms. The van der Waals surface area contributed by atoms with Crippen LogP contribution in [0.25, 0.3) is 0 Å². The molecule has 0 aromatic heterocycles. The van der Waals surface area contributed by atoms with Crippen molar-refractivity contribution in [2.45, 2.75) is 18.1 Å². The molecule has 26 heavy (non-hydrogen) atoms. The second kappa shape index (κ2) is 6.08. The second-order valence-corrected chi connectivity index (χ2v) is 7.14. The van der Waals surface area contributed by atoms with Gasteiger partial charge in [0.05, 0.1) is 25.1 Å². The van der Waals surface area contributed by atoms with Crippen LogP contribution in [0.5, 0.6) is 5.75 Å². The van der Waals surface area contributed by atoms with E-state index in [1.165, 1.54) is 6.08 Å². The van der Waals surface area contributed by atoms with E-state index in [0.29, 0.717) is 10.0 Å². The Bertz CT molecular complexity index is 807. The number of halogens is 1. The first-order valence-electron chi connectivity index (χ1n) is 7.72. The topological polar surface area (TPSA) is 105 Å². The van der Waals surface area contributed by atoms with Crippen LogP contribution in [-0.2, 0) is 19.1 Å². The number of esters is 2. The normalized spacial score (nSPS) is 27.7. The van der Waals surface area contributed by atoms with Crippen molar-refractivity contribution in [1.29, 1.82) is 0 Å². The molecule has 1 fully saturated rings. The minimum atomic E-state index is -2.05. The molecule has 8 nitrogen and oxygen atoms in total. The summed E-state index contributed by atoms with van der Waals surface area (Å²) in [6, 6.07) is 4.83. The first-order chi connectivity index (χ1) is 12.3. The number of ether oxygens (including phenoxy) is 3. The van der Waals surface area contributed by atoms with Gasteiger partial charge in [-0.1, -0.05) is 22.0 Å². The Labute approximate surface area is 157 Å². The maximum Gasteiger partial charge on any atom is 0.378 e. The predicted octanol–water partition coefficient (Wildman–Crippen LogP) is 2.44. The van der Waals surface area contributed by atoms with E-state index < -0.39 is 39.8 Å². The molecule has 0 radical (unpaired) electrons. The zero-order valence-electron chi connectivity index (χ0n) is 14.1. The van der Waals surface area contributed by atoms with E-state index >= 15 is 0 Å². The van der Waals surface area contributed by atoms with Crippen LogP contribution < -0.4 is 4.74 Å². The molecule has 3 atom stereocenters. The first kappa shape index (κ1) is 18.4. The van der Waals surface area contributed by atoms with Crippen molar-refractivity contribution in [3.8, 4) is 5.75 Å². The highest BCUT2D eigenvalue weighted by Gasteiger charge is 2.81. The lowest BCUT2D eigenvalue weighted by Gasteiger charge is -2.29. The number of carbonyl (C=O) groups is 2. The van der Waals surface area contributed by atoms with E-state index in [1.54, 1.807) is 18.2 Å². The zero-order valence-corrected chi connectivity index (χ0v) is 15.6. The number of nitrogens with zero attached hydrogens (tertiary/aromatic N) is 1. The highest BCUT2D eigenvalue weighted by Crippen LogP contribution is 2.65. The van der Waals surface area contributed by atoms with Gasteiger partial charge in [-0.2, -0.15) is 0 Å². The van der Waals surface area contributed by atoms with Crippen LogP contribution in [0.3, 0.4) is 0 Å². The van der Waals surface area contributed by atoms with E-state index in [-0.39, 0.29) is 12.2 Å². The Hall–Kier alpha value is -2.42. The molecule has 2 aliphatic rings. The Kier molecular flexibility index (Phi) is 4.30. The maximum atomic E-state index is 12.8. The molecular formula is C17H16BrNO7. The number of carbonyl (C=O) groups excluding carboxylic acids is 2. The van der Waals surface area contributed by atoms with Gasteiger partial charge in [0, 0.05) is 10.0 Å². The van der Waals surface area contributed by atoms with Crippen molar-refractivity contribution in [2.24, 2.45) is 11.3 Å². The lowest BCUT2D eigenvalue weighted by molar-refractivity contribution is -0.622. The lowest BCUT2D eigenvalue weighted by atomic mass is 9.73. The fourth-order valence-corrected chi connectivity index (χ4v) is 4.57. The minimum Gasteiger partial charge on any atom is -0.468 e. The first-order valence-corrected chi connectivity index (χ1v) is 8.51. The summed E-state index contributed by atoms with van der Waals surface area (Å²) in [6.07, 6.45) is 1.14. The third-order valence-corrected chi connectivity index (χ3v) is 5.70. The fourth-order valence-electron chi connectivity index (χ4n) is 4.20. The summed E-state index contributed by atoms with van der Waals surface area (Å²) in [6.45, 7) is 3.65. The molecule has 1 aliphatic carbocycles. The molecule has 1 aliphatic heterocycles. The van der Waals surface area contributed by atoms with E-state index in [2.05, 4.69) is 22.5 Å². The summed E-state index contributed by atoms with van der Waals surface area (Å²) in [4.78, 5) is 37.1. The van der Waals surface area contributed by atoms with Gasteiger partial charge >= 0.3 is 17.7 Å². The van der Waals surface area contributed by atoms with Gasteiger partial charge in [-0.3, -0.25) is 19.7 Å². The van der Waals surface area contributed by atoms with Gasteiger partial charge < -0.3 is 14.2 Å². The average molecular weight is 426 g/mol. The second-order valence-electron chi connectivity index (χ2n) is 6.23. The summed E-state index contributed by atoms with van der Waals surface area (Å²) < 4.78 is 16.1. The van der Waals surface area contributed by atoms with Crippen LogP contribution in [0.1, 0.15) is 17.9 Å². The standard InChI is InChI=1S/C17H16BrNO7/c1-4-9-8-16(14(20)24-2,15(21)25-3)13-11-7-10(18)5-6-12(11)26-17(9,13)19(22)23/h4-7,9,13H,1,8H2,2-3H3/t9?,13-,17+/m1/s1. The molecule has 0 bridgehead atoms. The Morgan fingerprint density at radius 3 is 2.50 bits per heavy atom. The number of fused-ring (bicyclic) bond motifs is 3. The van der Waals surface area contributed by atoms with Crippen molar-refractivity contribution in [3.63, 3.8) is 0 Å². The third-order valence-electron chi connectivity index (χ3n) is 5.21. The zero-order chi connectivity index (χ0) is 19.3. The highest BCUT2D eigenvalue weighted by molar-refractivity contribution is 9.10. The summed E-state index contributed by atoms with van der Waals surface area (Å²) in [7, 11) is 2.25. The van der Waals surface area contributed by atoms with Crippen LogP contribution in [-0.4, -0.2) is 36.8 Å². The SMILES string of the molecule is C=CC1CC(C(=O)OC)(C(=O)OC)[C@H]2c3cc(Br)ccc3O[C@@]12[N+](=O)[O-]. The predicted molar refractivity (Wildman–Crippen MR) is 92.0 cm³/mol. The summed E-state index contributed by atoms with van der Waals surface area (Å²) in [5.74, 6) is -3.70. The molecule has 1 aromatic carbocycles. The lowest BCUT2D eigenvalue weighted by Crippen LogP contribution is -2.52. The van der Waals surface area contributed by atoms with E-state index in [4.69, 9.17) is 14.2 Å². The molecule has 1 heterocycles. The van der Waals surface area contributed by atoms with Gasteiger partial charge in [0.2, 0.25) is 0 Å². The number of methoxy groups -OCH3 is 2. The Morgan fingerprint density at radius 1 is 1.38 bits per heavy atom. The van der Waals surface area contributed by atoms with Crippen LogP contribution in [0.2, 0.25) is 0 Å². The monoisotopic (exact) mass is 425 g/mol. The number of hydrogen-bond donors (Lipinski definition) is 0. The number of benzene rings is 1. The van der Waals surface area contributed by atoms with Crippen LogP contribution >= 0.6 is 15.9 Å². The van der Waals surface area contributed by atoms with Gasteiger partial charge in [-0.25, -0.2) is 0 Å². The molecule has 0 saturated heterocycles. The number of nitro groups is 1. The van der Waals surface area contributed by atoms with Gasteiger partial charge in [-0.05, 0) is 24.6 Å². The average Bonchev–Trinajstić information content (AvgIpc) is 3.12. The third kappa shape index (κ3) is 2.06. The summed E-state index contributed by atoms with van der Waals surface area (Å²) in [5, 5.41) is 12.2. The molecule has 1 saturated carbocycles. The van der Waals surface area contributed by atoms with Gasteiger partial charge in [0.25, 0.3) is 0 Å². The minimum absolute atomic E-state index is 0.201. The molecule has 138 valence electrons. The highest BCUT2D eigenvalue weighted by atomic mass is 79.9. The fraction of sp³-hybridized carbons (Fsp3) is 0.412. The van der Waals surface area contributed by atoms with Crippen molar-refractivity contribution in [1.82, 2.24) is 0 Å². The van der Waals surface area contributed by atoms with E-state index in [9.17, 15) is 19.7 Å².